The molecule has 0 aromatic heterocycles. The Morgan fingerprint density at radius 3 is 2.80 bits per heavy atom. The summed E-state index contributed by atoms with van der Waals surface area (Å²) in [4.78, 5) is 0. The van der Waals surface area contributed by atoms with Gasteiger partial charge in [-0.15, -0.1) is 0 Å². The van der Waals surface area contributed by atoms with Crippen LogP contribution in [-0.2, 0) is 9.84 Å². The van der Waals surface area contributed by atoms with Gasteiger partial charge in [0.15, 0.2) is 9.84 Å². The predicted molar refractivity (Wildman–Crippen MR) is 60.6 cm³/mol. The van der Waals surface area contributed by atoms with Crippen LogP contribution in [0.15, 0.2) is 0 Å². The quantitative estimate of drug-likeness (QED) is 0.720. The fourth-order valence-electron chi connectivity index (χ4n) is 2.05. The molecule has 0 bridgehead atoms. The van der Waals surface area contributed by atoms with Crippen LogP contribution in [0.1, 0.15) is 32.6 Å². The number of aliphatic hydroxyl groups excluding tert-OH is 1. The van der Waals surface area contributed by atoms with E-state index in [1.807, 2.05) is 6.92 Å². The topological polar surface area (TPSA) is 66.4 Å². The lowest BCUT2D eigenvalue weighted by molar-refractivity contribution is 0.255. The van der Waals surface area contributed by atoms with E-state index in [4.69, 9.17) is 5.11 Å². The number of hydrogen-bond acceptors (Lipinski definition) is 4. The standard InChI is InChI=1S/C10H21NO3S/c1-2-9(5-6-12)11-10-4-3-7-15(13,14)8-10/h9-12H,2-8H2,1H3. The van der Waals surface area contributed by atoms with Crippen LogP contribution < -0.4 is 5.32 Å². The molecule has 5 heteroatoms. The molecule has 4 nitrogen and oxygen atoms in total. The van der Waals surface area contributed by atoms with Crippen LogP contribution in [0, 0.1) is 0 Å². The van der Waals surface area contributed by atoms with Gasteiger partial charge in [0.25, 0.3) is 0 Å². The first-order valence-electron chi connectivity index (χ1n) is 5.64. The van der Waals surface area contributed by atoms with Crippen LogP contribution in [0.4, 0.5) is 0 Å². The summed E-state index contributed by atoms with van der Waals surface area (Å²) in [7, 11) is -2.83. The third-order valence-corrected chi connectivity index (χ3v) is 4.73. The Hall–Kier alpha value is -0.130. The second-order valence-corrected chi connectivity index (χ2v) is 6.47. The summed E-state index contributed by atoms with van der Waals surface area (Å²) in [6.45, 7) is 2.20. The molecule has 0 spiro atoms. The molecule has 0 amide bonds. The van der Waals surface area contributed by atoms with Gasteiger partial charge in [0.1, 0.15) is 0 Å². The predicted octanol–water partition coefficient (Wildman–Crippen LogP) is 0.314. The van der Waals surface area contributed by atoms with Crippen molar-refractivity contribution in [3.63, 3.8) is 0 Å². The molecule has 1 rings (SSSR count). The van der Waals surface area contributed by atoms with Crippen molar-refractivity contribution in [2.24, 2.45) is 0 Å². The van der Waals surface area contributed by atoms with Gasteiger partial charge < -0.3 is 10.4 Å². The van der Waals surface area contributed by atoms with Gasteiger partial charge in [0.2, 0.25) is 0 Å². The maximum Gasteiger partial charge on any atom is 0.151 e. The Balaban J connectivity index is 2.43. The minimum Gasteiger partial charge on any atom is -0.396 e. The molecule has 15 heavy (non-hydrogen) atoms. The van der Waals surface area contributed by atoms with E-state index >= 15 is 0 Å². The van der Waals surface area contributed by atoms with Crippen molar-refractivity contribution in [2.75, 3.05) is 18.1 Å². The van der Waals surface area contributed by atoms with Crippen molar-refractivity contribution in [2.45, 2.75) is 44.7 Å². The molecule has 1 fully saturated rings. The zero-order chi connectivity index (χ0) is 11.3. The molecular formula is C10H21NO3S. The summed E-state index contributed by atoms with van der Waals surface area (Å²) >= 11 is 0. The summed E-state index contributed by atoms with van der Waals surface area (Å²) in [6.07, 6.45) is 3.32. The van der Waals surface area contributed by atoms with E-state index in [0.717, 1.165) is 19.3 Å². The lowest BCUT2D eigenvalue weighted by Crippen LogP contribution is -2.45. The van der Waals surface area contributed by atoms with Crippen molar-refractivity contribution < 1.29 is 13.5 Å². The molecule has 0 aliphatic carbocycles. The zero-order valence-corrected chi connectivity index (χ0v) is 10.1. The number of nitrogens with one attached hydrogen (secondary N) is 1. The van der Waals surface area contributed by atoms with E-state index in [0.29, 0.717) is 12.2 Å². The highest BCUT2D eigenvalue weighted by Gasteiger charge is 2.25. The van der Waals surface area contributed by atoms with Crippen LogP contribution >= 0.6 is 0 Å². The molecule has 0 aromatic rings. The second-order valence-electron chi connectivity index (χ2n) is 4.24. The van der Waals surface area contributed by atoms with Gasteiger partial charge in [-0.2, -0.15) is 0 Å². The number of sulfone groups is 1. The van der Waals surface area contributed by atoms with Gasteiger partial charge in [-0.1, -0.05) is 6.92 Å². The molecule has 1 aliphatic rings. The average molecular weight is 235 g/mol. The van der Waals surface area contributed by atoms with Crippen LogP contribution in [-0.4, -0.2) is 43.7 Å². The van der Waals surface area contributed by atoms with Gasteiger partial charge in [-0.3, -0.25) is 0 Å². The minimum atomic E-state index is -2.83. The highest BCUT2D eigenvalue weighted by atomic mass is 32.2. The second kappa shape index (κ2) is 5.82. The Labute approximate surface area is 92.0 Å². The first-order valence-corrected chi connectivity index (χ1v) is 7.47. The van der Waals surface area contributed by atoms with Gasteiger partial charge in [-0.25, -0.2) is 8.42 Å². The molecule has 2 unspecified atom stereocenters. The Kier molecular flexibility index (Phi) is 5.02. The molecule has 2 atom stereocenters. The fourth-order valence-corrected chi connectivity index (χ4v) is 3.70. The van der Waals surface area contributed by atoms with Crippen molar-refractivity contribution in [1.29, 1.82) is 0 Å². The third kappa shape index (κ3) is 4.49. The van der Waals surface area contributed by atoms with Gasteiger partial charge in [0, 0.05) is 18.7 Å². The van der Waals surface area contributed by atoms with E-state index in [9.17, 15) is 8.42 Å². The van der Waals surface area contributed by atoms with Crippen LogP contribution in [0.5, 0.6) is 0 Å². The lowest BCUT2D eigenvalue weighted by atomic mass is 10.1. The zero-order valence-electron chi connectivity index (χ0n) is 9.28. The molecule has 90 valence electrons. The number of rotatable bonds is 5. The smallest absolute Gasteiger partial charge is 0.151 e. The first-order chi connectivity index (χ1) is 7.07. The van der Waals surface area contributed by atoms with Crippen molar-refractivity contribution in [3.8, 4) is 0 Å². The molecule has 0 saturated carbocycles. The Morgan fingerprint density at radius 1 is 1.53 bits per heavy atom. The van der Waals surface area contributed by atoms with E-state index in [2.05, 4.69) is 5.32 Å². The van der Waals surface area contributed by atoms with E-state index in [1.165, 1.54) is 0 Å². The molecule has 1 aliphatic heterocycles. The summed E-state index contributed by atoms with van der Waals surface area (Å²) in [5, 5.41) is 12.2. The fraction of sp³-hybridized carbons (Fsp3) is 1.00. The van der Waals surface area contributed by atoms with Crippen molar-refractivity contribution in [3.05, 3.63) is 0 Å². The van der Waals surface area contributed by atoms with Crippen LogP contribution in [0.25, 0.3) is 0 Å². The average Bonchev–Trinajstić information content (AvgIpc) is 2.15. The SMILES string of the molecule is CCC(CCO)NC1CCCS(=O)(=O)C1. The summed E-state index contributed by atoms with van der Waals surface area (Å²) in [5.41, 5.74) is 0. The molecular weight excluding hydrogens is 214 g/mol. The number of hydrogen-bond donors (Lipinski definition) is 2. The van der Waals surface area contributed by atoms with Crippen LogP contribution in [0.2, 0.25) is 0 Å². The largest absolute Gasteiger partial charge is 0.396 e. The summed E-state index contributed by atoms with van der Waals surface area (Å²) < 4.78 is 22.8. The molecule has 1 heterocycles. The monoisotopic (exact) mass is 235 g/mol. The first kappa shape index (κ1) is 12.9. The maximum absolute atomic E-state index is 11.4. The van der Waals surface area contributed by atoms with E-state index < -0.39 is 9.84 Å². The Bertz CT molecular complexity index is 276. The highest BCUT2D eigenvalue weighted by Crippen LogP contribution is 2.13. The Morgan fingerprint density at radius 2 is 2.27 bits per heavy atom. The molecule has 1 saturated heterocycles. The highest BCUT2D eigenvalue weighted by molar-refractivity contribution is 7.91. The van der Waals surface area contributed by atoms with Crippen molar-refractivity contribution >= 4 is 9.84 Å². The number of aliphatic hydroxyl groups is 1. The third-order valence-electron chi connectivity index (χ3n) is 2.90. The summed E-state index contributed by atoms with van der Waals surface area (Å²) in [5.74, 6) is 0.594. The molecule has 2 N–H and O–H groups in total. The normalized spacial score (nSPS) is 27.5. The van der Waals surface area contributed by atoms with Gasteiger partial charge >= 0.3 is 0 Å². The van der Waals surface area contributed by atoms with Gasteiger partial charge in [0.05, 0.1) is 11.5 Å². The van der Waals surface area contributed by atoms with Gasteiger partial charge in [-0.05, 0) is 25.7 Å². The molecule has 0 radical (unpaired) electrons. The van der Waals surface area contributed by atoms with Crippen LogP contribution in [0.3, 0.4) is 0 Å². The van der Waals surface area contributed by atoms with E-state index in [-0.39, 0.29) is 24.4 Å². The van der Waals surface area contributed by atoms with E-state index in [1.54, 1.807) is 0 Å². The minimum absolute atomic E-state index is 0.0836. The maximum atomic E-state index is 11.4. The summed E-state index contributed by atoms with van der Waals surface area (Å²) in [6, 6.07) is 0.327. The van der Waals surface area contributed by atoms with Crippen molar-refractivity contribution in [1.82, 2.24) is 5.32 Å². The lowest BCUT2D eigenvalue weighted by Gasteiger charge is -2.27. The molecule has 0 aromatic carbocycles.